The van der Waals surface area contributed by atoms with Crippen molar-refractivity contribution in [2.45, 2.75) is 20.3 Å². The molecule has 21 heavy (non-hydrogen) atoms. The molecule has 0 unspecified atom stereocenters. The van der Waals surface area contributed by atoms with E-state index in [1.165, 1.54) is 13.2 Å². The summed E-state index contributed by atoms with van der Waals surface area (Å²) in [5, 5.41) is 17.6. The lowest BCUT2D eigenvalue weighted by Crippen LogP contribution is -2.13. The third-order valence-corrected chi connectivity index (χ3v) is 2.89. The minimum Gasteiger partial charge on any atom is -0.493 e. The molecule has 0 atom stereocenters. The summed E-state index contributed by atoms with van der Waals surface area (Å²) < 4.78 is 10.9. The van der Waals surface area contributed by atoms with Crippen molar-refractivity contribution in [1.82, 2.24) is 0 Å². The van der Waals surface area contributed by atoms with Crippen LogP contribution in [0.5, 0.6) is 11.5 Å². The van der Waals surface area contributed by atoms with Gasteiger partial charge in [-0.2, -0.15) is 5.26 Å². The van der Waals surface area contributed by atoms with Gasteiger partial charge in [-0.1, -0.05) is 6.07 Å². The molecule has 0 spiro atoms. The van der Waals surface area contributed by atoms with E-state index in [9.17, 15) is 4.79 Å². The van der Waals surface area contributed by atoms with Gasteiger partial charge in [-0.3, -0.25) is 0 Å². The summed E-state index contributed by atoms with van der Waals surface area (Å²) in [5.74, 6) is 0.0834. The van der Waals surface area contributed by atoms with Crippen molar-refractivity contribution in [1.29, 1.82) is 5.26 Å². The Hall–Kier alpha value is -2.48. The van der Waals surface area contributed by atoms with Crippen molar-refractivity contribution in [2.75, 3.05) is 13.7 Å². The zero-order valence-corrected chi connectivity index (χ0v) is 12.4. The first-order valence-electron chi connectivity index (χ1n) is 6.51. The third kappa shape index (κ3) is 5.57. The molecule has 0 aliphatic rings. The van der Waals surface area contributed by atoms with E-state index in [2.05, 4.69) is 6.07 Å². The maximum Gasteiger partial charge on any atom is 0.328 e. The average Bonchev–Trinajstić information content (AvgIpc) is 2.45. The Kier molecular flexibility index (Phi) is 5.79. The summed E-state index contributed by atoms with van der Waals surface area (Å²) in [6.07, 6.45) is 3.13. The Morgan fingerprint density at radius 1 is 1.43 bits per heavy atom. The number of carboxylic acid groups (broad SMARTS) is 1. The SMILES string of the molecule is COc1ccc(C=CC(=O)O)cc1OCCC(C)(C)C#N. The van der Waals surface area contributed by atoms with Crippen molar-refractivity contribution < 1.29 is 19.4 Å². The number of ether oxygens (including phenoxy) is 2. The van der Waals surface area contributed by atoms with Crippen molar-refractivity contribution in [3.05, 3.63) is 29.8 Å². The first kappa shape index (κ1) is 16.6. The monoisotopic (exact) mass is 289 g/mol. The summed E-state index contributed by atoms with van der Waals surface area (Å²) in [6, 6.07) is 7.37. The van der Waals surface area contributed by atoms with Crippen LogP contribution in [0.1, 0.15) is 25.8 Å². The summed E-state index contributed by atoms with van der Waals surface area (Å²) in [7, 11) is 1.54. The topological polar surface area (TPSA) is 79.6 Å². The molecule has 0 radical (unpaired) electrons. The van der Waals surface area contributed by atoms with E-state index in [0.717, 1.165) is 6.08 Å². The lowest BCUT2D eigenvalue weighted by molar-refractivity contribution is -0.131. The van der Waals surface area contributed by atoms with Crippen molar-refractivity contribution in [2.24, 2.45) is 5.41 Å². The minimum absolute atomic E-state index is 0.378. The smallest absolute Gasteiger partial charge is 0.328 e. The van der Waals surface area contributed by atoms with Gasteiger partial charge >= 0.3 is 5.97 Å². The lowest BCUT2D eigenvalue weighted by atomic mass is 9.92. The van der Waals surface area contributed by atoms with Gasteiger partial charge in [0.2, 0.25) is 0 Å². The number of carboxylic acids is 1. The zero-order valence-electron chi connectivity index (χ0n) is 12.4. The van der Waals surface area contributed by atoms with Crippen LogP contribution in [0.3, 0.4) is 0 Å². The van der Waals surface area contributed by atoms with Gasteiger partial charge in [0.05, 0.1) is 25.2 Å². The number of rotatable bonds is 7. The molecule has 1 rings (SSSR count). The van der Waals surface area contributed by atoms with Crippen LogP contribution in [0.25, 0.3) is 6.08 Å². The van der Waals surface area contributed by atoms with E-state index in [4.69, 9.17) is 19.8 Å². The van der Waals surface area contributed by atoms with Gasteiger partial charge in [-0.15, -0.1) is 0 Å². The van der Waals surface area contributed by atoms with E-state index in [1.807, 2.05) is 13.8 Å². The summed E-state index contributed by atoms with van der Waals surface area (Å²) in [5.41, 5.74) is 0.251. The highest BCUT2D eigenvalue weighted by Gasteiger charge is 2.17. The van der Waals surface area contributed by atoms with Crippen LogP contribution < -0.4 is 9.47 Å². The Bertz CT molecular complexity index is 570. The Labute approximate surface area is 124 Å². The van der Waals surface area contributed by atoms with Crippen LogP contribution in [0.4, 0.5) is 0 Å². The number of nitrogens with zero attached hydrogens (tertiary/aromatic N) is 1. The minimum atomic E-state index is -1.01. The highest BCUT2D eigenvalue weighted by Crippen LogP contribution is 2.29. The summed E-state index contributed by atoms with van der Waals surface area (Å²) in [4.78, 5) is 10.5. The van der Waals surface area contributed by atoms with Crippen molar-refractivity contribution in [3.8, 4) is 17.6 Å². The second-order valence-electron chi connectivity index (χ2n) is 5.18. The number of nitriles is 1. The molecule has 0 aliphatic carbocycles. The molecule has 1 aromatic rings. The quantitative estimate of drug-likeness (QED) is 0.780. The van der Waals surface area contributed by atoms with Gasteiger partial charge in [0.15, 0.2) is 11.5 Å². The molecule has 0 bridgehead atoms. The van der Waals surface area contributed by atoms with Crippen LogP contribution in [0.15, 0.2) is 24.3 Å². The van der Waals surface area contributed by atoms with Gasteiger partial charge in [0.1, 0.15) is 0 Å². The first-order valence-corrected chi connectivity index (χ1v) is 6.51. The number of benzene rings is 1. The molecule has 0 heterocycles. The van der Waals surface area contributed by atoms with E-state index in [1.54, 1.807) is 18.2 Å². The number of methoxy groups -OCH3 is 1. The fraction of sp³-hybridized carbons (Fsp3) is 0.375. The summed E-state index contributed by atoms with van der Waals surface area (Å²) >= 11 is 0. The van der Waals surface area contributed by atoms with Gasteiger partial charge in [0.25, 0.3) is 0 Å². The zero-order chi connectivity index (χ0) is 15.9. The molecule has 0 saturated carbocycles. The maximum atomic E-state index is 10.5. The van der Waals surface area contributed by atoms with E-state index >= 15 is 0 Å². The molecule has 0 aromatic heterocycles. The van der Waals surface area contributed by atoms with E-state index in [0.29, 0.717) is 30.1 Å². The molecule has 1 aromatic carbocycles. The largest absolute Gasteiger partial charge is 0.493 e. The maximum absolute atomic E-state index is 10.5. The lowest BCUT2D eigenvalue weighted by Gasteiger charge is -2.16. The molecule has 112 valence electrons. The second-order valence-corrected chi connectivity index (χ2v) is 5.18. The third-order valence-electron chi connectivity index (χ3n) is 2.89. The standard InChI is InChI=1S/C16H19NO4/c1-16(2,11-17)8-9-21-14-10-12(5-7-15(18)19)4-6-13(14)20-3/h4-7,10H,8-9H2,1-3H3,(H,18,19). The predicted molar refractivity (Wildman–Crippen MR) is 79.2 cm³/mol. The normalized spacial score (nSPS) is 11.1. The number of aliphatic carboxylic acids is 1. The number of hydrogen-bond acceptors (Lipinski definition) is 4. The molecule has 5 nitrogen and oxygen atoms in total. The molecule has 5 heteroatoms. The highest BCUT2D eigenvalue weighted by molar-refractivity contribution is 5.85. The van der Waals surface area contributed by atoms with Crippen LogP contribution >= 0.6 is 0 Å². The van der Waals surface area contributed by atoms with Crippen LogP contribution in [0.2, 0.25) is 0 Å². The molecule has 0 fully saturated rings. The fourth-order valence-corrected chi connectivity index (χ4v) is 1.55. The van der Waals surface area contributed by atoms with Gasteiger partial charge in [0, 0.05) is 6.08 Å². The molecule has 0 amide bonds. The van der Waals surface area contributed by atoms with Gasteiger partial charge < -0.3 is 14.6 Å². The Morgan fingerprint density at radius 3 is 2.71 bits per heavy atom. The fourth-order valence-electron chi connectivity index (χ4n) is 1.55. The van der Waals surface area contributed by atoms with Crippen molar-refractivity contribution >= 4 is 12.0 Å². The van der Waals surface area contributed by atoms with Crippen molar-refractivity contribution in [3.63, 3.8) is 0 Å². The Morgan fingerprint density at radius 2 is 2.14 bits per heavy atom. The number of hydrogen-bond donors (Lipinski definition) is 1. The van der Waals surface area contributed by atoms with E-state index in [-0.39, 0.29) is 0 Å². The molecular weight excluding hydrogens is 270 g/mol. The van der Waals surface area contributed by atoms with Crippen LogP contribution in [0, 0.1) is 16.7 Å². The molecule has 0 saturated heterocycles. The molecular formula is C16H19NO4. The van der Waals surface area contributed by atoms with E-state index < -0.39 is 11.4 Å². The van der Waals surface area contributed by atoms with Crippen LogP contribution in [-0.2, 0) is 4.79 Å². The summed E-state index contributed by atoms with van der Waals surface area (Å²) in [6.45, 7) is 4.07. The first-order chi connectivity index (χ1) is 9.88. The van der Waals surface area contributed by atoms with Gasteiger partial charge in [-0.05, 0) is 44.0 Å². The predicted octanol–water partition coefficient (Wildman–Crippen LogP) is 3.11. The second kappa shape index (κ2) is 7.34. The molecule has 1 N–H and O–H groups in total. The Balaban J connectivity index is 2.81. The average molecular weight is 289 g/mol. The van der Waals surface area contributed by atoms with Crippen LogP contribution in [-0.4, -0.2) is 24.8 Å². The number of carbonyl (C=O) groups is 1. The highest BCUT2D eigenvalue weighted by atomic mass is 16.5. The molecule has 0 aliphatic heterocycles. The van der Waals surface area contributed by atoms with Gasteiger partial charge in [-0.25, -0.2) is 4.79 Å².